The first-order valence-corrected chi connectivity index (χ1v) is 13.6. The number of anilines is 3. The van der Waals surface area contributed by atoms with Crippen molar-refractivity contribution in [2.24, 2.45) is 5.92 Å². The van der Waals surface area contributed by atoms with E-state index in [2.05, 4.69) is 15.5 Å². The summed E-state index contributed by atoms with van der Waals surface area (Å²) >= 11 is 0. The molecule has 204 valence electrons. The van der Waals surface area contributed by atoms with Gasteiger partial charge in [-0.05, 0) is 75.6 Å². The molecule has 0 radical (unpaired) electrons. The van der Waals surface area contributed by atoms with Crippen LogP contribution in [0.4, 0.5) is 21.9 Å². The topological polar surface area (TPSA) is 94.2 Å². The van der Waals surface area contributed by atoms with Gasteiger partial charge in [-0.3, -0.25) is 9.59 Å². The predicted molar refractivity (Wildman–Crippen MR) is 150 cm³/mol. The number of ether oxygens (including phenoxy) is 1. The predicted octanol–water partition coefficient (Wildman–Crippen LogP) is 4.66. The van der Waals surface area contributed by atoms with E-state index >= 15 is 0 Å². The first-order chi connectivity index (χ1) is 18.4. The van der Waals surface area contributed by atoms with Crippen molar-refractivity contribution < 1.29 is 19.1 Å². The van der Waals surface area contributed by atoms with Crippen LogP contribution in [-0.4, -0.2) is 74.0 Å². The molecule has 0 aromatic heterocycles. The minimum Gasteiger partial charge on any atom is -0.497 e. The molecular weight excluding hydrogens is 482 g/mol. The molecule has 1 saturated heterocycles. The van der Waals surface area contributed by atoms with Crippen LogP contribution in [0.5, 0.6) is 5.75 Å². The van der Waals surface area contributed by atoms with E-state index in [0.29, 0.717) is 49.7 Å². The number of urea groups is 1. The molecule has 1 saturated carbocycles. The maximum Gasteiger partial charge on any atom is 0.321 e. The molecule has 2 N–H and O–H groups in total. The Hall–Kier alpha value is -3.75. The number of benzene rings is 2. The van der Waals surface area contributed by atoms with Gasteiger partial charge in [-0.1, -0.05) is 6.42 Å². The molecule has 38 heavy (non-hydrogen) atoms. The second kappa shape index (κ2) is 12.7. The summed E-state index contributed by atoms with van der Waals surface area (Å²) in [5, 5.41) is 5.97. The van der Waals surface area contributed by atoms with Gasteiger partial charge in [0, 0.05) is 62.2 Å². The first kappa shape index (κ1) is 27.3. The molecule has 9 nitrogen and oxygen atoms in total. The van der Waals surface area contributed by atoms with Crippen LogP contribution in [0.1, 0.15) is 49.9 Å². The van der Waals surface area contributed by atoms with Crippen molar-refractivity contribution in [2.45, 2.75) is 39.5 Å². The lowest BCUT2D eigenvalue weighted by Crippen LogP contribution is -2.38. The molecule has 2 fully saturated rings. The zero-order chi connectivity index (χ0) is 27.1. The summed E-state index contributed by atoms with van der Waals surface area (Å²) in [7, 11) is 1.61. The number of carbonyl (C=O) groups is 3. The smallest absolute Gasteiger partial charge is 0.321 e. The SMILES string of the molecule is CCN(CC)C(=O)c1cc(NC(=O)C2CCC2)ccc1N1CCCN(C(=O)Nc2ccc(OC)cc2)CC1. The van der Waals surface area contributed by atoms with Crippen LogP contribution < -0.4 is 20.3 Å². The molecule has 4 amide bonds. The number of methoxy groups -OCH3 is 1. The van der Waals surface area contributed by atoms with Crippen molar-refractivity contribution in [3.8, 4) is 5.75 Å². The molecule has 1 aliphatic carbocycles. The van der Waals surface area contributed by atoms with Gasteiger partial charge in [0.15, 0.2) is 0 Å². The second-order valence-electron chi connectivity index (χ2n) is 9.81. The van der Waals surface area contributed by atoms with E-state index in [9.17, 15) is 14.4 Å². The van der Waals surface area contributed by atoms with Crippen LogP contribution >= 0.6 is 0 Å². The third-order valence-electron chi connectivity index (χ3n) is 7.49. The molecule has 9 heteroatoms. The zero-order valence-electron chi connectivity index (χ0n) is 22.7. The van der Waals surface area contributed by atoms with Gasteiger partial charge in [-0.15, -0.1) is 0 Å². The summed E-state index contributed by atoms with van der Waals surface area (Å²) in [5.74, 6) is 0.774. The average Bonchev–Trinajstić information content (AvgIpc) is 3.15. The Kier molecular flexibility index (Phi) is 9.10. The summed E-state index contributed by atoms with van der Waals surface area (Å²) in [4.78, 5) is 44.8. The Morgan fingerprint density at radius 1 is 0.895 bits per heavy atom. The fraction of sp³-hybridized carbons (Fsp3) is 0.483. The van der Waals surface area contributed by atoms with E-state index in [0.717, 1.165) is 43.7 Å². The van der Waals surface area contributed by atoms with Crippen molar-refractivity contribution in [1.82, 2.24) is 9.80 Å². The van der Waals surface area contributed by atoms with Crippen LogP contribution in [0.2, 0.25) is 0 Å². The number of hydrogen-bond donors (Lipinski definition) is 2. The van der Waals surface area contributed by atoms with Crippen LogP contribution in [0.3, 0.4) is 0 Å². The summed E-state index contributed by atoms with van der Waals surface area (Å²) < 4.78 is 5.18. The summed E-state index contributed by atoms with van der Waals surface area (Å²) in [6.45, 7) is 7.61. The molecule has 2 aromatic rings. The zero-order valence-corrected chi connectivity index (χ0v) is 22.7. The van der Waals surface area contributed by atoms with E-state index in [1.165, 1.54) is 0 Å². The highest BCUT2D eigenvalue weighted by atomic mass is 16.5. The van der Waals surface area contributed by atoms with Crippen LogP contribution in [0, 0.1) is 5.92 Å². The number of hydrogen-bond acceptors (Lipinski definition) is 5. The van der Waals surface area contributed by atoms with Gasteiger partial charge < -0.3 is 30.1 Å². The molecule has 1 heterocycles. The van der Waals surface area contributed by atoms with E-state index < -0.39 is 0 Å². The summed E-state index contributed by atoms with van der Waals surface area (Å²) in [6.07, 6.45) is 3.71. The Balaban J connectivity index is 1.48. The van der Waals surface area contributed by atoms with Crippen LogP contribution in [0.15, 0.2) is 42.5 Å². The standard InChI is InChI=1S/C29H39N5O4/c1-4-32(5-2)28(36)25-20-23(30-27(35)21-8-6-9-21)12-15-26(25)33-16-7-17-34(19-18-33)29(37)31-22-10-13-24(38-3)14-11-22/h10-15,20-21H,4-9,16-19H2,1-3H3,(H,30,35)(H,31,37). The maximum atomic E-state index is 13.5. The monoisotopic (exact) mass is 521 g/mol. The number of nitrogens with one attached hydrogen (secondary N) is 2. The highest BCUT2D eigenvalue weighted by Gasteiger charge is 2.27. The summed E-state index contributed by atoms with van der Waals surface area (Å²) in [6, 6.07) is 12.7. The van der Waals surface area contributed by atoms with Crippen LogP contribution in [0.25, 0.3) is 0 Å². The number of amides is 4. The molecule has 0 atom stereocenters. The highest BCUT2D eigenvalue weighted by molar-refractivity contribution is 6.02. The molecule has 2 aliphatic rings. The fourth-order valence-electron chi connectivity index (χ4n) is 4.90. The lowest BCUT2D eigenvalue weighted by Gasteiger charge is -2.29. The quantitative estimate of drug-likeness (QED) is 0.527. The number of rotatable bonds is 8. The lowest BCUT2D eigenvalue weighted by molar-refractivity contribution is -0.122. The van der Waals surface area contributed by atoms with E-state index in [1.807, 2.05) is 61.2 Å². The summed E-state index contributed by atoms with van der Waals surface area (Å²) in [5.41, 5.74) is 2.78. The van der Waals surface area contributed by atoms with Crippen molar-refractivity contribution in [3.05, 3.63) is 48.0 Å². The Labute approximate surface area is 225 Å². The van der Waals surface area contributed by atoms with Gasteiger partial charge in [0.2, 0.25) is 5.91 Å². The van der Waals surface area contributed by atoms with Crippen molar-refractivity contribution in [1.29, 1.82) is 0 Å². The number of nitrogens with zero attached hydrogens (tertiary/aromatic N) is 3. The normalized spacial score (nSPS) is 15.8. The largest absolute Gasteiger partial charge is 0.497 e. The van der Waals surface area contributed by atoms with E-state index in [4.69, 9.17) is 4.74 Å². The van der Waals surface area contributed by atoms with Gasteiger partial charge in [-0.2, -0.15) is 0 Å². The first-order valence-electron chi connectivity index (χ1n) is 13.6. The van der Waals surface area contributed by atoms with E-state index in [1.54, 1.807) is 12.0 Å². The third-order valence-corrected chi connectivity index (χ3v) is 7.49. The Morgan fingerprint density at radius 2 is 1.61 bits per heavy atom. The highest BCUT2D eigenvalue weighted by Crippen LogP contribution is 2.30. The van der Waals surface area contributed by atoms with Crippen molar-refractivity contribution >= 4 is 34.9 Å². The van der Waals surface area contributed by atoms with E-state index in [-0.39, 0.29) is 23.8 Å². The van der Waals surface area contributed by atoms with Crippen LogP contribution in [-0.2, 0) is 4.79 Å². The molecule has 0 spiro atoms. The van der Waals surface area contributed by atoms with Gasteiger partial charge in [0.25, 0.3) is 5.91 Å². The number of carbonyl (C=O) groups excluding carboxylic acids is 3. The molecule has 2 aromatic carbocycles. The van der Waals surface area contributed by atoms with Crippen molar-refractivity contribution in [3.63, 3.8) is 0 Å². The average molecular weight is 522 g/mol. The molecule has 1 aliphatic heterocycles. The molecule has 4 rings (SSSR count). The minimum atomic E-state index is -0.148. The minimum absolute atomic E-state index is 0.0264. The van der Waals surface area contributed by atoms with Crippen molar-refractivity contribution in [2.75, 3.05) is 61.9 Å². The van der Waals surface area contributed by atoms with Gasteiger partial charge >= 0.3 is 6.03 Å². The maximum absolute atomic E-state index is 13.5. The molecular formula is C29H39N5O4. The fourth-order valence-corrected chi connectivity index (χ4v) is 4.90. The van der Waals surface area contributed by atoms with Gasteiger partial charge in [-0.25, -0.2) is 4.79 Å². The molecule has 0 bridgehead atoms. The molecule has 0 unspecified atom stereocenters. The Bertz CT molecular complexity index is 1130. The third kappa shape index (κ3) is 6.38. The van der Waals surface area contributed by atoms with Gasteiger partial charge in [0.05, 0.1) is 12.7 Å². The Morgan fingerprint density at radius 3 is 2.24 bits per heavy atom. The van der Waals surface area contributed by atoms with Gasteiger partial charge in [0.1, 0.15) is 5.75 Å². The second-order valence-corrected chi connectivity index (χ2v) is 9.81. The lowest BCUT2D eigenvalue weighted by atomic mass is 9.85.